The van der Waals surface area contributed by atoms with Gasteiger partial charge in [-0.3, -0.25) is 4.68 Å². The summed E-state index contributed by atoms with van der Waals surface area (Å²) >= 11 is 0. The van der Waals surface area contributed by atoms with Gasteiger partial charge in [0.15, 0.2) is 0 Å². The van der Waals surface area contributed by atoms with Gasteiger partial charge in [-0.1, -0.05) is 24.3 Å². The molecule has 0 aliphatic heterocycles. The molecule has 2 aromatic rings. The van der Waals surface area contributed by atoms with Gasteiger partial charge in [0.1, 0.15) is 0 Å². The second-order valence-electron chi connectivity index (χ2n) is 4.40. The highest BCUT2D eigenvalue weighted by atomic mass is 16.5. The van der Waals surface area contributed by atoms with Crippen LogP contribution in [0, 0.1) is 0 Å². The fourth-order valence-electron chi connectivity index (χ4n) is 1.80. The van der Waals surface area contributed by atoms with Crippen LogP contribution in [0.4, 0.5) is 0 Å². The topological polar surface area (TPSA) is 53.1 Å². The summed E-state index contributed by atoms with van der Waals surface area (Å²) in [6, 6.07) is 8.36. The first-order chi connectivity index (χ1) is 8.70. The van der Waals surface area contributed by atoms with Gasteiger partial charge < -0.3 is 10.5 Å². The average Bonchev–Trinajstić information content (AvgIpc) is 2.85. The first-order valence-corrected chi connectivity index (χ1v) is 6.08. The molecule has 0 bridgehead atoms. The third-order valence-electron chi connectivity index (χ3n) is 2.93. The lowest BCUT2D eigenvalue weighted by Gasteiger charge is -2.05. The standard InChI is InChI=1S/C14H19N3O/c1-11(15)12-3-5-13(6-4-12)14-9-16-17(10-14)7-8-18-2/h3-6,9-11H,7-8,15H2,1-2H3/t11-/m0/s1. The van der Waals surface area contributed by atoms with E-state index < -0.39 is 0 Å². The molecule has 0 saturated heterocycles. The third kappa shape index (κ3) is 2.97. The van der Waals surface area contributed by atoms with E-state index in [-0.39, 0.29) is 6.04 Å². The van der Waals surface area contributed by atoms with E-state index in [1.165, 1.54) is 0 Å². The first kappa shape index (κ1) is 12.8. The molecule has 96 valence electrons. The zero-order valence-corrected chi connectivity index (χ0v) is 10.8. The van der Waals surface area contributed by atoms with Crippen LogP contribution in [-0.4, -0.2) is 23.5 Å². The molecule has 1 atom stereocenters. The van der Waals surface area contributed by atoms with Crippen molar-refractivity contribution in [1.29, 1.82) is 0 Å². The van der Waals surface area contributed by atoms with E-state index in [0.717, 1.165) is 23.2 Å². The molecule has 2 N–H and O–H groups in total. The van der Waals surface area contributed by atoms with Gasteiger partial charge in [0.2, 0.25) is 0 Å². The number of nitrogens with two attached hydrogens (primary N) is 1. The molecule has 0 unspecified atom stereocenters. The Kier molecular flexibility index (Phi) is 4.12. The number of methoxy groups -OCH3 is 1. The lowest BCUT2D eigenvalue weighted by atomic mass is 10.0. The smallest absolute Gasteiger partial charge is 0.0658 e. The lowest BCUT2D eigenvalue weighted by molar-refractivity contribution is 0.183. The summed E-state index contributed by atoms with van der Waals surface area (Å²) in [5.41, 5.74) is 9.24. The molecule has 0 aliphatic rings. The highest BCUT2D eigenvalue weighted by Gasteiger charge is 2.03. The number of rotatable bonds is 5. The number of benzene rings is 1. The molecule has 1 aromatic heterocycles. The SMILES string of the molecule is COCCn1cc(-c2ccc([C@H](C)N)cc2)cn1. The number of hydrogen-bond donors (Lipinski definition) is 1. The van der Waals surface area contributed by atoms with Crippen molar-refractivity contribution >= 4 is 0 Å². The molecular formula is C14H19N3O. The molecule has 18 heavy (non-hydrogen) atoms. The molecule has 0 spiro atoms. The van der Waals surface area contributed by atoms with Crippen LogP contribution in [-0.2, 0) is 11.3 Å². The Labute approximate surface area is 107 Å². The minimum absolute atomic E-state index is 0.0727. The van der Waals surface area contributed by atoms with Crippen LogP contribution >= 0.6 is 0 Å². The molecule has 0 amide bonds. The Bertz CT molecular complexity index is 488. The van der Waals surface area contributed by atoms with Crippen LogP contribution in [0.25, 0.3) is 11.1 Å². The Morgan fingerprint density at radius 3 is 2.61 bits per heavy atom. The predicted molar refractivity (Wildman–Crippen MR) is 72.1 cm³/mol. The van der Waals surface area contributed by atoms with Crippen LogP contribution in [0.1, 0.15) is 18.5 Å². The summed E-state index contributed by atoms with van der Waals surface area (Å²) < 4.78 is 6.92. The highest BCUT2D eigenvalue weighted by molar-refractivity contribution is 5.62. The zero-order valence-electron chi connectivity index (χ0n) is 10.8. The molecule has 1 heterocycles. The number of ether oxygens (including phenoxy) is 1. The van der Waals surface area contributed by atoms with Crippen molar-refractivity contribution < 1.29 is 4.74 Å². The Morgan fingerprint density at radius 2 is 2.00 bits per heavy atom. The molecule has 4 heteroatoms. The van der Waals surface area contributed by atoms with Gasteiger partial charge in [-0.15, -0.1) is 0 Å². The molecule has 0 fully saturated rings. The van der Waals surface area contributed by atoms with Crippen LogP contribution in [0.15, 0.2) is 36.7 Å². The maximum atomic E-state index is 5.83. The summed E-state index contributed by atoms with van der Waals surface area (Å²) in [4.78, 5) is 0. The van der Waals surface area contributed by atoms with Crippen LogP contribution in [0.2, 0.25) is 0 Å². The summed E-state index contributed by atoms with van der Waals surface area (Å²) in [7, 11) is 1.69. The van der Waals surface area contributed by atoms with Crippen molar-refractivity contribution in [2.45, 2.75) is 19.5 Å². The molecule has 0 aliphatic carbocycles. The van der Waals surface area contributed by atoms with E-state index in [9.17, 15) is 0 Å². The average molecular weight is 245 g/mol. The van der Waals surface area contributed by atoms with Gasteiger partial charge in [-0.25, -0.2) is 0 Å². The second-order valence-corrected chi connectivity index (χ2v) is 4.40. The van der Waals surface area contributed by atoms with E-state index >= 15 is 0 Å². The van der Waals surface area contributed by atoms with Crippen molar-refractivity contribution in [2.75, 3.05) is 13.7 Å². The van der Waals surface area contributed by atoms with Gasteiger partial charge in [0.25, 0.3) is 0 Å². The lowest BCUT2D eigenvalue weighted by Crippen LogP contribution is -2.04. The quantitative estimate of drug-likeness (QED) is 0.878. The maximum Gasteiger partial charge on any atom is 0.0658 e. The first-order valence-electron chi connectivity index (χ1n) is 6.08. The van der Waals surface area contributed by atoms with Crippen LogP contribution < -0.4 is 5.73 Å². The molecule has 0 saturated carbocycles. The second kappa shape index (κ2) is 5.80. The summed E-state index contributed by atoms with van der Waals surface area (Å²) in [6.07, 6.45) is 3.90. The monoisotopic (exact) mass is 245 g/mol. The highest BCUT2D eigenvalue weighted by Crippen LogP contribution is 2.20. The fourth-order valence-corrected chi connectivity index (χ4v) is 1.80. The summed E-state index contributed by atoms with van der Waals surface area (Å²) in [5, 5.41) is 4.30. The van der Waals surface area contributed by atoms with Crippen molar-refractivity contribution in [1.82, 2.24) is 9.78 Å². The predicted octanol–water partition coefficient (Wildman–Crippen LogP) is 2.22. The largest absolute Gasteiger partial charge is 0.383 e. The number of hydrogen-bond acceptors (Lipinski definition) is 3. The molecule has 2 rings (SSSR count). The van der Waals surface area contributed by atoms with E-state index in [1.54, 1.807) is 7.11 Å². The van der Waals surface area contributed by atoms with Crippen molar-refractivity contribution in [2.24, 2.45) is 5.73 Å². The summed E-state index contributed by atoms with van der Waals surface area (Å²) in [6.45, 7) is 3.43. The fraction of sp³-hybridized carbons (Fsp3) is 0.357. The summed E-state index contributed by atoms with van der Waals surface area (Å²) in [5.74, 6) is 0. The maximum absolute atomic E-state index is 5.83. The van der Waals surface area contributed by atoms with E-state index in [2.05, 4.69) is 29.4 Å². The van der Waals surface area contributed by atoms with Crippen LogP contribution in [0.3, 0.4) is 0 Å². The van der Waals surface area contributed by atoms with Crippen molar-refractivity contribution in [3.8, 4) is 11.1 Å². The van der Waals surface area contributed by atoms with Gasteiger partial charge in [-0.2, -0.15) is 5.10 Å². The Hall–Kier alpha value is -1.65. The van der Waals surface area contributed by atoms with E-state index in [0.29, 0.717) is 6.61 Å². The Balaban J connectivity index is 2.13. The van der Waals surface area contributed by atoms with E-state index in [1.807, 2.05) is 24.0 Å². The minimum Gasteiger partial charge on any atom is -0.383 e. The number of nitrogens with zero attached hydrogens (tertiary/aromatic N) is 2. The zero-order chi connectivity index (χ0) is 13.0. The number of aromatic nitrogens is 2. The normalized spacial score (nSPS) is 12.6. The minimum atomic E-state index is 0.0727. The molecule has 4 nitrogen and oxygen atoms in total. The molecule has 0 radical (unpaired) electrons. The van der Waals surface area contributed by atoms with Crippen molar-refractivity contribution in [3.05, 3.63) is 42.2 Å². The van der Waals surface area contributed by atoms with Crippen molar-refractivity contribution in [3.63, 3.8) is 0 Å². The Morgan fingerprint density at radius 1 is 1.28 bits per heavy atom. The molecular weight excluding hydrogens is 226 g/mol. The van der Waals surface area contributed by atoms with Gasteiger partial charge >= 0.3 is 0 Å². The van der Waals surface area contributed by atoms with Crippen LogP contribution in [0.5, 0.6) is 0 Å². The van der Waals surface area contributed by atoms with Gasteiger partial charge in [0, 0.05) is 24.9 Å². The van der Waals surface area contributed by atoms with E-state index in [4.69, 9.17) is 10.5 Å². The van der Waals surface area contributed by atoms with Gasteiger partial charge in [0.05, 0.1) is 19.3 Å². The third-order valence-corrected chi connectivity index (χ3v) is 2.93. The van der Waals surface area contributed by atoms with Gasteiger partial charge in [-0.05, 0) is 18.1 Å². The molecule has 1 aromatic carbocycles.